The van der Waals surface area contributed by atoms with Crippen molar-refractivity contribution in [2.75, 3.05) is 0 Å². The van der Waals surface area contributed by atoms with Crippen LogP contribution in [0.1, 0.15) is 42.4 Å². The number of fused-ring (bicyclic) bond motifs is 2. The summed E-state index contributed by atoms with van der Waals surface area (Å²) in [7, 11) is -3.10. The number of alkyl halides is 3. The van der Waals surface area contributed by atoms with Gasteiger partial charge in [-0.3, -0.25) is 0 Å². The highest BCUT2D eigenvalue weighted by Crippen LogP contribution is 2.40. The Balaban J connectivity index is 1.99. The fourth-order valence-electron chi connectivity index (χ4n) is 3.45. The third-order valence-electron chi connectivity index (χ3n) is 4.64. The Labute approximate surface area is 128 Å². The van der Waals surface area contributed by atoms with Gasteiger partial charge in [-0.1, -0.05) is 24.6 Å². The van der Waals surface area contributed by atoms with Gasteiger partial charge in [0.25, 0.3) is 0 Å². The van der Waals surface area contributed by atoms with Crippen molar-refractivity contribution in [3.8, 4) is 0 Å². The van der Waals surface area contributed by atoms with E-state index in [2.05, 4.69) is 0 Å². The zero-order valence-corrected chi connectivity index (χ0v) is 13.0. The third kappa shape index (κ3) is 2.57. The van der Waals surface area contributed by atoms with Crippen molar-refractivity contribution in [2.45, 2.75) is 49.3 Å². The van der Waals surface area contributed by atoms with Crippen LogP contribution in [0.5, 0.6) is 0 Å². The molecule has 1 saturated heterocycles. The first-order valence-corrected chi connectivity index (χ1v) is 8.92. The summed E-state index contributed by atoms with van der Waals surface area (Å²) in [5, 5.41) is -0.855. The number of allylic oxidation sites excluding steroid dienone is 1. The molecule has 2 aliphatic heterocycles. The van der Waals surface area contributed by atoms with Gasteiger partial charge in [0.2, 0.25) is 0 Å². The molecule has 2 heterocycles. The highest BCUT2D eigenvalue weighted by molar-refractivity contribution is 7.93. The van der Waals surface area contributed by atoms with Crippen LogP contribution < -0.4 is 0 Å². The lowest BCUT2D eigenvalue weighted by Crippen LogP contribution is -2.38. The molecular weight excluding hydrogens is 313 g/mol. The van der Waals surface area contributed by atoms with Gasteiger partial charge in [-0.25, -0.2) is 8.42 Å². The zero-order valence-electron chi connectivity index (χ0n) is 12.2. The van der Waals surface area contributed by atoms with Crippen LogP contribution in [0.4, 0.5) is 13.2 Å². The van der Waals surface area contributed by atoms with Crippen molar-refractivity contribution in [1.82, 2.24) is 0 Å². The maximum Gasteiger partial charge on any atom is 0.416 e. The fourth-order valence-corrected chi connectivity index (χ4v) is 5.70. The van der Waals surface area contributed by atoms with Crippen LogP contribution in [-0.2, 0) is 16.0 Å². The van der Waals surface area contributed by atoms with E-state index in [1.54, 1.807) is 6.08 Å². The van der Waals surface area contributed by atoms with E-state index >= 15 is 0 Å². The summed E-state index contributed by atoms with van der Waals surface area (Å²) in [4.78, 5) is 0. The highest BCUT2D eigenvalue weighted by Gasteiger charge is 2.40. The van der Waals surface area contributed by atoms with Crippen LogP contribution in [0, 0.1) is 6.92 Å². The average Bonchev–Trinajstić information content (AvgIpc) is 2.35. The molecule has 0 saturated carbocycles. The molecule has 0 aliphatic carbocycles. The number of hydrogen-bond acceptors (Lipinski definition) is 2. The zero-order chi connectivity index (χ0) is 16.1. The van der Waals surface area contributed by atoms with Crippen LogP contribution in [0.3, 0.4) is 0 Å². The molecule has 0 aromatic heterocycles. The number of halogens is 3. The molecule has 2 unspecified atom stereocenters. The molecule has 120 valence electrons. The average molecular weight is 330 g/mol. The molecule has 1 aromatic rings. The minimum Gasteiger partial charge on any atom is -0.228 e. The van der Waals surface area contributed by atoms with Gasteiger partial charge in [-0.05, 0) is 49.0 Å². The summed E-state index contributed by atoms with van der Waals surface area (Å²) in [6.45, 7) is 1.44. The van der Waals surface area contributed by atoms with Crippen molar-refractivity contribution in [2.24, 2.45) is 0 Å². The van der Waals surface area contributed by atoms with Crippen molar-refractivity contribution >= 4 is 15.4 Å². The van der Waals surface area contributed by atoms with Crippen LogP contribution in [0.2, 0.25) is 0 Å². The van der Waals surface area contributed by atoms with E-state index in [0.29, 0.717) is 24.8 Å². The normalized spacial score (nSPS) is 27.4. The molecule has 0 N–H and O–H groups in total. The fraction of sp³-hybridized carbons (Fsp3) is 0.500. The second-order valence-electron chi connectivity index (χ2n) is 6.10. The number of rotatable bonds is 1. The predicted molar refractivity (Wildman–Crippen MR) is 79.1 cm³/mol. The van der Waals surface area contributed by atoms with E-state index < -0.39 is 26.8 Å². The van der Waals surface area contributed by atoms with E-state index in [1.807, 2.05) is 0 Å². The lowest BCUT2D eigenvalue weighted by atomic mass is 9.91. The standard InChI is InChI=1S/C16H17F3O2S/c1-10-7-11(5-6-15(10)16(17,18)19)12-8-13-3-2-4-14(9-12)22(13,20)21/h5-8,13-14H,2-4,9H2,1H3. The number of benzene rings is 1. The SMILES string of the molecule is Cc1cc(C2=CC3CCCC(C2)S3(=O)=O)ccc1C(F)(F)F. The van der Waals surface area contributed by atoms with Crippen molar-refractivity contribution in [3.05, 3.63) is 41.0 Å². The van der Waals surface area contributed by atoms with E-state index in [4.69, 9.17) is 0 Å². The van der Waals surface area contributed by atoms with Gasteiger partial charge in [0, 0.05) is 0 Å². The van der Waals surface area contributed by atoms with Crippen molar-refractivity contribution < 1.29 is 21.6 Å². The van der Waals surface area contributed by atoms with E-state index in [9.17, 15) is 21.6 Å². The summed E-state index contributed by atoms with van der Waals surface area (Å²) in [6.07, 6.45) is -0.0534. The minimum absolute atomic E-state index is 0.171. The highest BCUT2D eigenvalue weighted by atomic mass is 32.2. The van der Waals surface area contributed by atoms with Gasteiger partial charge in [0.15, 0.2) is 9.84 Å². The molecule has 1 aromatic carbocycles. The van der Waals surface area contributed by atoms with Crippen LogP contribution in [0.25, 0.3) is 5.57 Å². The molecule has 1 fully saturated rings. The monoisotopic (exact) mass is 330 g/mol. The number of aryl methyl sites for hydroxylation is 1. The van der Waals surface area contributed by atoms with Crippen LogP contribution in [-0.4, -0.2) is 18.9 Å². The predicted octanol–water partition coefficient (Wildman–Crippen LogP) is 4.14. The summed E-state index contributed by atoms with van der Waals surface area (Å²) in [6, 6.07) is 4.06. The first kappa shape index (κ1) is 15.6. The molecule has 0 amide bonds. The Hall–Kier alpha value is -1.30. The molecule has 6 heteroatoms. The molecule has 2 nitrogen and oxygen atoms in total. The van der Waals surface area contributed by atoms with Crippen LogP contribution >= 0.6 is 0 Å². The number of sulfone groups is 1. The molecule has 3 rings (SSSR count). The number of hydrogen-bond donors (Lipinski definition) is 0. The largest absolute Gasteiger partial charge is 0.416 e. The second kappa shape index (κ2) is 5.11. The topological polar surface area (TPSA) is 34.1 Å². The Bertz CT molecular complexity index is 732. The van der Waals surface area contributed by atoms with Crippen LogP contribution in [0.15, 0.2) is 24.3 Å². The molecule has 2 atom stereocenters. The van der Waals surface area contributed by atoms with Gasteiger partial charge >= 0.3 is 6.18 Å². The van der Waals surface area contributed by atoms with Gasteiger partial charge in [0.1, 0.15) is 0 Å². The quantitative estimate of drug-likeness (QED) is 0.776. The Morgan fingerprint density at radius 2 is 1.91 bits per heavy atom. The summed E-state index contributed by atoms with van der Waals surface area (Å²) in [5.74, 6) is 0. The maximum absolute atomic E-state index is 12.8. The summed E-state index contributed by atoms with van der Waals surface area (Å²) < 4.78 is 62.9. The first-order valence-electron chi connectivity index (χ1n) is 7.31. The second-order valence-corrected chi connectivity index (χ2v) is 8.55. The lowest BCUT2D eigenvalue weighted by molar-refractivity contribution is -0.138. The van der Waals surface area contributed by atoms with Crippen molar-refractivity contribution in [1.29, 1.82) is 0 Å². The molecule has 22 heavy (non-hydrogen) atoms. The lowest BCUT2D eigenvalue weighted by Gasteiger charge is -2.33. The molecule has 0 spiro atoms. The molecular formula is C16H17F3O2S. The third-order valence-corrected chi connectivity index (χ3v) is 7.19. The van der Waals surface area contributed by atoms with Gasteiger partial charge < -0.3 is 0 Å². The molecule has 0 radical (unpaired) electrons. The van der Waals surface area contributed by atoms with E-state index in [-0.39, 0.29) is 10.8 Å². The Kier molecular flexibility index (Phi) is 3.62. The van der Waals surface area contributed by atoms with Crippen molar-refractivity contribution in [3.63, 3.8) is 0 Å². The summed E-state index contributed by atoms with van der Waals surface area (Å²) >= 11 is 0. The molecule has 2 bridgehead atoms. The van der Waals surface area contributed by atoms with Gasteiger partial charge in [-0.2, -0.15) is 13.2 Å². The van der Waals surface area contributed by atoms with Gasteiger partial charge in [-0.15, -0.1) is 0 Å². The first-order chi connectivity index (χ1) is 10.2. The molecule has 2 aliphatic rings. The maximum atomic E-state index is 12.8. The summed E-state index contributed by atoms with van der Waals surface area (Å²) in [5.41, 5.74) is 1.10. The van der Waals surface area contributed by atoms with E-state index in [0.717, 1.165) is 18.1 Å². The van der Waals surface area contributed by atoms with Gasteiger partial charge in [0.05, 0.1) is 16.1 Å². The Morgan fingerprint density at radius 3 is 2.50 bits per heavy atom. The Morgan fingerprint density at radius 1 is 1.18 bits per heavy atom. The minimum atomic E-state index is -4.36. The van der Waals surface area contributed by atoms with E-state index in [1.165, 1.54) is 19.1 Å². The smallest absolute Gasteiger partial charge is 0.228 e.